The van der Waals surface area contributed by atoms with Crippen molar-refractivity contribution in [1.29, 1.82) is 0 Å². The lowest BCUT2D eigenvalue weighted by Gasteiger charge is -2.22. The smallest absolute Gasteiger partial charge is 0.227 e. The van der Waals surface area contributed by atoms with Gasteiger partial charge in [-0.25, -0.2) is 0 Å². The van der Waals surface area contributed by atoms with Gasteiger partial charge in [-0.05, 0) is 53.8 Å². The molecule has 1 fully saturated rings. The van der Waals surface area contributed by atoms with E-state index in [1.807, 2.05) is 53.4 Å². The summed E-state index contributed by atoms with van der Waals surface area (Å²) in [5.74, 6) is 0.901. The van der Waals surface area contributed by atoms with E-state index in [9.17, 15) is 4.79 Å². The minimum absolute atomic E-state index is 0.0532. The first kappa shape index (κ1) is 18.7. The van der Waals surface area contributed by atoms with E-state index < -0.39 is 0 Å². The largest absolute Gasteiger partial charge is 0.489 e. The van der Waals surface area contributed by atoms with Gasteiger partial charge in [0.25, 0.3) is 0 Å². The van der Waals surface area contributed by atoms with Crippen molar-refractivity contribution in [2.24, 2.45) is 11.1 Å². The number of hydrogen-bond acceptors (Lipinski definition) is 3. The zero-order valence-corrected chi connectivity index (χ0v) is 15.8. The fourth-order valence-electron chi connectivity index (χ4n) is 3.23. The molecular weight excluding hydrogens is 348 g/mol. The lowest BCUT2D eigenvalue weighted by Crippen LogP contribution is -2.35. The lowest BCUT2D eigenvalue weighted by molar-refractivity contribution is -0.129. The molecule has 1 saturated heterocycles. The van der Waals surface area contributed by atoms with Gasteiger partial charge >= 0.3 is 0 Å². The van der Waals surface area contributed by atoms with Crippen molar-refractivity contribution in [3.05, 3.63) is 64.7 Å². The van der Waals surface area contributed by atoms with Crippen molar-refractivity contribution in [2.75, 3.05) is 19.6 Å². The first-order valence-corrected chi connectivity index (χ1v) is 9.29. The van der Waals surface area contributed by atoms with Gasteiger partial charge < -0.3 is 15.4 Å². The first-order chi connectivity index (χ1) is 12.5. The predicted octanol–water partition coefficient (Wildman–Crippen LogP) is 3.66. The summed E-state index contributed by atoms with van der Waals surface area (Å²) >= 11 is 6.00. The van der Waals surface area contributed by atoms with Gasteiger partial charge in [-0.2, -0.15) is 0 Å². The first-order valence-electron chi connectivity index (χ1n) is 8.91. The van der Waals surface area contributed by atoms with Gasteiger partial charge in [0.1, 0.15) is 12.4 Å². The monoisotopic (exact) mass is 372 g/mol. The Balaban J connectivity index is 1.58. The number of likely N-dealkylation sites (tertiary alicyclic amines) is 1. The number of rotatable bonds is 6. The molecule has 1 aliphatic rings. The second-order valence-corrected chi connectivity index (χ2v) is 7.76. The Hall–Kier alpha value is -2.04. The van der Waals surface area contributed by atoms with Gasteiger partial charge in [-0.15, -0.1) is 0 Å². The Bertz CT molecular complexity index is 780. The highest BCUT2D eigenvalue weighted by atomic mass is 35.5. The van der Waals surface area contributed by atoms with E-state index in [0.29, 0.717) is 24.6 Å². The molecule has 1 aliphatic heterocycles. The highest BCUT2D eigenvalue weighted by Crippen LogP contribution is 2.29. The number of ether oxygens (including phenoxy) is 1. The Morgan fingerprint density at radius 2 is 2.00 bits per heavy atom. The van der Waals surface area contributed by atoms with Crippen molar-refractivity contribution in [2.45, 2.75) is 26.4 Å². The Morgan fingerprint density at radius 1 is 1.23 bits per heavy atom. The van der Waals surface area contributed by atoms with E-state index in [-0.39, 0.29) is 11.3 Å². The van der Waals surface area contributed by atoms with Crippen LogP contribution in [0.1, 0.15) is 24.5 Å². The third-order valence-corrected chi connectivity index (χ3v) is 5.19. The van der Waals surface area contributed by atoms with E-state index in [2.05, 4.69) is 6.92 Å². The topological polar surface area (TPSA) is 55.6 Å². The van der Waals surface area contributed by atoms with Crippen molar-refractivity contribution in [1.82, 2.24) is 4.90 Å². The van der Waals surface area contributed by atoms with Gasteiger partial charge in [0.15, 0.2) is 0 Å². The quantitative estimate of drug-likeness (QED) is 0.841. The maximum absolute atomic E-state index is 12.6. The molecule has 0 radical (unpaired) electrons. The fourth-order valence-corrected chi connectivity index (χ4v) is 3.44. The average molecular weight is 373 g/mol. The van der Waals surface area contributed by atoms with Crippen molar-refractivity contribution >= 4 is 17.5 Å². The van der Waals surface area contributed by atoms with Crippen molar-refractivity contribution in [3.8, 4) is 5.75 Å². The summed E-state index contributed by atoms with van der Waals surface area (Å²) in [5, 5.41) is 0.695. The molecule has 26 heavy (non-hydrogen) atoms. The highest BCUT2D eigenvalue weighted by Gasteiger charge is 2.34. The number of nitrogens with zero attached hydrogens (tertiary/aromatic N) is 1. The van der Waals surface area contributed by atoms with E-state index in [1.54, 1.807) is 0 Å². The second kappa shape index (κ2) is 8.11. The number of carbonyl (C=O) groups excluding carboxylic acids is 1. The molecule has 1 unspecified atom stereocenters. The third-order valence-electron chi connectivity index (χ3n) is 4.95. The van der Waals surface area contributed by atoms with Crippen LogP contribution in [0, 0.1) is 5.41 Å². The minimum Gasteiger partial charge on any atom is -0.489 e. The molecule has 0 bridgehead atoms. The third kappa shape index (κ3) is 4.77. The summed E-state index contributed by atoms with van der Waals surface area (Å²) in [6.07, 6.45) is 1.35. The van der Waals surface area contributed by atoms with E-state index in [0.717, 1.165) is 36.4 Å². The minimum atomic E-state index is 0.0532. The lowest BCUT2D eigenvalue weighted by atomic mass is 9.90. The van der Waals surface area contributed by atoms with Gasteiger partial charge in [0, 0.05) is 18.1 Å². The zero-order valence-electron chi connectivity index (χ0n) is 15.1. The van der Waals surface area contributed by atoms with Crippen LogP contribution in [0.15, 0.2) is 48.5 Å². The van der Waals surface area contributed by atoms with E-state index in [4.69, 9.17) is 22.1 Å². The van der Waals surface area contributed by atoms with Crippen molar-refractivity contribution < 1.29 is 9.53 Å². The Kier molecular flexibility index (Phi) is 5.84. The Morgan fingerprint density at radius 3 is 2.73 bits per heavy atom. The van der Waals surface area contributed by atoms with Gasteiger partial charge in [0.2, 0.25) is 5.91 Å². The normalized spacial score (nSPS) is 19.6. The molecule has 0 saturated carbocycles. The SMILES string of the molecule is CC1(CN)CCN(C(=O)Cc2cccc(OCc3cccc(Cl)c3)c2)C1. The van der Waals surface area contributed by atoms with Crippen molar-refractivity contribution in [3.63, 3.8) is 0 Å². The van der Waals surface area contributed by atoms with Gasteiger partial charge in [0.05, 0.1) is 6.42 Å². The summed E-state index contributed by atoms with van der Waals surface area (Å²) < 4.78 is 5.85. The molecule has 138 valence electrons. The van der Waals surface area contributed by atoms with Crippen LogP contribution in [-0.2, 0) is 17.8 Å². The second-order valence-electron chi connectivity index (χ2n) is 7.32. The molecule has 1 amide bonds. The number of benzene rings is 2. The molecule has 0 aliphatic carbocycles. The fraction of sp³-hybridized carbons (Fsp3) is 0.381. The average Bonchev–Trinajstić information content (AvgIpc) is 3.04. The number of hydrogen-bond donors (Lipinski definition) is 1. The summed E-state index contributed by atoms with van der Waals surface area (Å²) in [6.45, 7) is 4.73. The van der Waals surface area contributed by atoms with Crippen LogP contribution in [0.4, 0.5) is 0 Å². The van der Waals surface area contributed by atoms with E-state index >= 15 is 0 Å². The number of amides is 1. The summed E-state index contributed by atoms with van der Waals surface area (Å²) in [7, 11) is 0. The van der Waals surface area contributed by atoms with E-state index in [1.165, 1.54) is 0 Å². The molecule has 4 nitrogen and oxygen atoms in total. The Labute approximate surface area is 159 Å². The molecule has 1 heterocycles. The van der Waals surface area contributed by atoms with Crippen LogP contribution in [0.3, 0.4) is 0 Å². The maximum atomic E-state index is 12.6. The summed E-state index contributed by atoms with van der Waals surface area (Å²) in [4.78, 5) is 14.5. The van der Waals surface area contributed by atoms with Crippen LogP contribution in [0.25, 0.3) is 0 Å². The standard InChI is InChI=1S/C21H25ClN2O2/c1-21(14-23)8-9-24(15-21)20(25)12-16-4-3-7-19(11-16)26-13-17-5-2-6-18(22)10-17/h2-7,10-11H,8-9,12-15,23H2,1H3. The van der Waals surface area contributed by atoms with Crippen LogP contribution < -0.4 is 10.5 Å². The zero-order chi connectivity index (χ0) is 18.6. The van der Waals surface area contributed by atoms with Gasteiger partial charge in [-0.3, -0.25) is 4.79 Å². The molecule has 2 aromatic carbocycles. The van der Waals surface area contributed by atoms with Gasteiger partial charge in [-0.1, -0.05) is 42.8 Å². The van der Waals surface area contributed by atoms with Crippen LogP contribution >= 0.6 is 11.6 Å². The molecule has 2 aromatic rings. The molecular formula is C21H25ClN2O2. The molecule has 0 aromatic heterocycles. The highest BCUT2D eigenvalue weighted by molar-refractivity contribution is 6.30. The number of nitrogens with two attached hydrogens (primary N) is 1. The molecule has 0 spiro atoms. The van der Waals surface area contributed by atoms with Crippen LogP contribution in [0.2, 0.25) is 5.02 Å². The number of carbonyl (C=O) groups is 1. The number of halogens is 1. The molecule has 5 heteroatoms. The van der Waals surface area contributed by atoms with Crippen LogP contribution in [0.5, 0.6) is 5.75 Å². The van der Waals surface area contributed by atoms with Crippen LogP contribution in [-0.4, -0.2) is 30.4 Å². The predicted molar refractivity (Wildman–Crippen MR) is 104 cm³/mol. The summed E-state index contributed by atoms with van der Waals surface area (Å²) in [5.41, 5.74) is 7.85. The summed E-state index contributed by atoms with van der Waals surface area (Å²) in [6, 6.07) is 15.3. The molecule has 1 atom stereocenters. The molecule has 2 N–H and O–H groups in total. The maximum Gasteiger partial charge on any atom is 0.227 e. The molecule has 3 rings (SSSR count).